The first-order valence-electron chi connectivity index (χ1n) is 15.9. The monoisotopic (exact) mass is 550 g/mol. The van der Waals surface area contributed by atoms with Crippen LogP contribution in [0.1, 0.15) is 152 Å². The molecule has 0 saturated carbocycles. The van der Waals surface area contributed by atoms with Gasteiger partial charge in [-0.05, 0) is 43.7 Å². The van der Waals surface area contributed by atoms with Gasteiger partial charge in [0.1, 0.15) is 11.9 Å². The molecule has 0 amide bonds. The van der Waals surface area contributed by atoms with Gasteiger partial charge in [-0.25, -0.2) is 0 Å². The molecule has 3 nitrogen and oxygen atoms in total. The lowest BCUT2D eigenvalue weighted by molar-refractivity contribution is -0.115. The zero-order chi connectivity index (χ0) is 29.9. The maximum Gasteiger partial charge on any atom is 0.193 e. The summed E-state index contributed by atoms with van der Waals surface area (Å²) in [6.07, 6.45) is 19.5. The zero-order valence-corrected chi connectivity index (χ0v) is 26.5. The standard InChI is InChI=1S/C24H40O.C13H18O2/c1-3-4-5-6-7-8-9-10-11-12-13-17-20-24(2,22-25)21-23-18-15-14-16-19-23;1-9(2)10-5-7-11(8-6-10)12(14)13(3,4)15/h14-16,18-19,22H,3-13,17,20-21H2,1-2H3;5-9,15H,1-4H3. The van der Waals surface area contributed by atoms with E-state index >= 15 is 0 Å². The van der Waals surface area contributed by atoms with Crippen molar-refractivity contribution in [3.63, 3.8) is 0 Å². The minimum Gasteiger partial charge on any atom is -0.382 e. The Morgan fingerprint density at radius 2 is 1.23 bits per heavy atom. The highest BCUT2D eigenvalue weighted by atomic mass is 16.3. The summed E-state index contributed by atoms with van der Waals surface area (Å²) in [6, 6.07) is 17.8. The van der Waals surface area contributed by atoms with Crippen molar-refractivity contribution in [2.45, 2.75) is 143 Å². The molecule has 0 saturated heterocycles. The van der Waals surface area contributed by atoms with Gasteiger partial charge >= 0.3 is 0 Å². The predicted octanol–water partition coefficient (Wildman–Crippen LogP) is 10.3. The molecule has 0 aromatic heterocycles. The second-order valence-corrected chi connectivity index (χ2v) is 12.7. The summed E-state index contributed by atoms with van der Waals surface area (Å²) in [7, 11) is 0. The van der Waals surface area contributed by atoms with Crippen LogP contribution in [0.2, 0.25) is 0 Å². The van der Waals surface area contributed by atoms with Crippen LogP contribution in [-0.4, -0.2) is 22.8 Å². The molecule has 224 valence electrons. The Morgan fingerprint density at radius 3 is 1.65 bits per heavy atom. The van der Waals surface area contributed by atoms with Gasteiger partial charge in [0.05, 0.1) is 0 Å². The van der Waals surface area contributed by atoms with E-state index in [1.165, 1.54) is 108 Å². The molecule has 1 atom stereocenters. The predicted molar refractivity (Wildman–Crippen MR) is 171 cm³/mol. The van der Waals surface area contributed by atoms with E-state index < -0.39 is 5.60 Å². The lowest BCUT2D eigenvalue weighted by Crippen LogP contribution is -2.31. The molecule has 2 rings (SSSR count). The largest absolute Gasteiger partial charge is 0.382 e. The number of hydrogen-bond donors (Lipinski definition) is 1. The summed E-state index contributed by atoms with van der Waals surface area (Å²) in [4.78, 5) is 23.3. The van der Waals surface area contributed by atoms with Crippen molar-refractivity contribution in [3.05, 3.63) is 71.3 Å². The molecule has 0 heterocycles. The smallest absolute Gasteiger partial charge is 0.193 e. The highest BCUT2D eigenvalue weighted by molar-refractivity contribution is 6.01. The summed E-state index contributed by atoms with van der Waals surface area (Å²) in [5.41, 5.74) is 1.55. The van der Waals surface area contributed by atoms with Crippen molar-refractivity contribution in [1.82, 2.24) is 0 Å². The van der Waals surface area contributed by atoms with Gasteiger partial charge in [0.15, 0.2) is 5.78 Å². The molecular formula is C37H58O3. The Labute approximate surface area is 246 Å². The van der Waals surface area contributed by atoms with Gasteiger partial charge in [0.2, 0.25) is 0 Å². The second kappa shape index (κ2) is 19.8. The first kappa shape index (κ1) is 35.8. The third-order valence-corrected chi connectivity index (χ3v) is 7.73. The van der Waals surface area contributed by atoms with Crippen LogP contribution < -0.4 is 0 Å². The summed E-state index contributed by atoms with van der Waals surface area (Å²) in [5.74, 6) is 0.217. The number of unbranched alkanes of at least 4 members (excludes halogenated alkanes) is 11. The lowest BCUT2D eigenvalue weighted by Gasteiger charge is -2.23. The van der Waals surface area contributed by atoms with E-state index in [4.69, 9.17) is 0 Å². The van der Waals surface area contributed by atoms with Crippen molar-refractivity contribution in [3.8, 4) is 0 Å². The minimum atomic E-state index is -1.29. The van der Waals surface area contributed by atoms with Crippen LogP contribution in [0.4, 0.5) is 0 Å². The van der Waals surface area contributed by atoms with E-state index in [0.717, 1.165) is 12.8 Å². The van der Waals surface area contributed by atoms with E-state index in [1.807, 2.05) is 18.2 Å². The molecule has 0 aliphatic heterocycles. The Balaban J connectivity index is 0.000000453. The van der Waals surface area contributed by atoms with E-state index in [-0.39, 0.29) is 11.2 Å². The van der Waals surface area contributed by atoms with Gasteiger partial charge in [-0.15, -0.1) is 0 Å². The number of carbonyl (C=O) groups excluding carboxylic acids is 2. The van der Waals surface area contributed by atoms with Crippen molar-refractivity contribution in [2.75, 3.05) is 0 Å². The molecular weight excluding hydrogens is 492 g/mol. The number of aldehydes is 1. The number of ketones is 1. The van der Waals surface area contributed by atoms with Gasteiger partial charge in [-0.2, -0.15) is 0 Å². The Kier molecular flexibility index (Phi) is 17.7. The first-order valence-corrected chi connectivity index (χ1v) is 15.9. The molecule has 40 heavy (non-hydrogen) atoms. The zero-order valence-electron chi connectivity index (χ0n) is 26.5. The van der Waals surface area contributed by atoms with Gasteiger partial charge in [-0.1, -0.05) is 159 Å². The van der Waals surface area contributed by atoms with E-state index in [1.54, 1.807) is 12.1 Å². The summed E-state index contributed by atoms with van der Waals surface area (Å²) in [5, 5.41) is 9.57. The van der Waals surface area contributed by atoms with Crippen LogP contribution in [0.3, 0.4) is 0 Å². The fourth-order valence-corrected chi connectivity index (χ4v) is 4.99. The fraction of sp³-hybridized carbons (Fsp3) is 0.622. The van der Waals surface area contributed by atoms with Crippen LogP contribution in [0.25, 0.3) is 0 Å². The quantitative estimate of drug-likeness (QED) is 0.107. The average molecular weight is 551 g/mol. The molecule has 0 radical (unpaired) electrons. The highest BCUT2D eigenvalue weighted by Crippen LogP contribution is 2.27. The first-order chi connectivity index (χ1) is 19.0. The molecule has 2 aromatic carbocycles. The molecule has 0 aliphatic rings. The maximum atomic E-state index is 11.7. The van der Waals surface area contributed by atoms with E-state index in [9.17, 15) is 14.7 Å². The molecule has 3 heteroatoms. The van der Waals surface area contributed by atoms with Gasteiger partial charge in [-0.3, -0.25) is 4.79 Å². The molecule has 0 spiro atoms. The van der Waals surface area contributed by atoms with Crippen LogP contribution >= 0.6 is 0 Å². The number of Topliss-reactive ketones (excluding diaryl/α,β-unsaturated/α-hetero) is 1. The lowest BCUT2D eigenvalue weighted by atomic mass is 9.80. The third-order valence-electron chi connectivity index (χ3n) is 7.73. The van der Waals surface area contributed by atoms with Crippen molar-refractivity contribution < 1.29 is 14.7 Å². The molecule has 1 unspecified atom stereocenters. The summed E-state index contributed by atoms with van der Waals surface area (Å²) >= 11 is 0. The molecule has 1 N–H and O–H groups in total. The fourth-order valence-electron chi connectivity index (χ4n) is 4.99. The van der Waals surface area contributed by atoms with Gasteiger partial charge < -0.3 is 9.90 Å². The highest BCUT2D eigenvalue weighted by Gasteiger charge is 2.25. The average Bonchev–Trinajstić information content (AvgIpc) is 2.93. The SMILES string of the molecule is CC(C)c1ccc(C(=O)C(C)(C)O)cc1.CCCCCCCCCCCCCCC(C)(C=O)Cc1ccccc1. The molecule has 2 aromatic rings. The van der Waals surface area contributed by atoms with E-state index in [2.05, 4.69) is 52.0 Å². The maximum absolute atomic E-state index is 11.7. The topological polar surface area (TPSA) is 54.4 Å². The Hall–Kier alpha value is -2.26. The Bertz CT molecular complexity index is 924. The summed E-state index contributed by atoms with van der Waals surface area (Å²) in [6.45, 7) is 11.6. The van der Waals surface area contributed by atoms with Crippen molar-refractivity contribution in [1.29, 1.82) is 0 Å². The molecule has 0 aliphatic carbocycles. The molecule has 0 fully saturated rings. The second-order valence-electron chi connectivity index (χ2n) is 12.7. The van der Waals surface area contributed by atoms with Crippen molar-refractivity contribution in [2.24, 2.45) is 5.41 Å². The number of hydrogen-bond acceptors (Lipinski definition) is 3. The number of aliphatic hydroxyl groups is 1. The van der Waals surface area contributed by atoms with Crippen LogP contribution in [0.15, 0.2) is 54.6 Å². The van der Waals surface area contributed by atoms with Crippen LogP contribution in [0.5, 0.6) is 0 Å². The number of rotatable bonds is 19. The number of carbonyl (C=O) groups is 2. The summed E-state index contributed by atoms with van der Waals surface area (Å²) < 4.78 is 0. The minimum absolute atomic E-state index is 0.195. The normalized spacial score (nSPS) is 12.9. The van der Waals surface area contributed by atoms with Crippen LogP contribution in [-0.2, 0) is 11.2 Å². The van der Waals surface area contributed by atoms with Crippen molar-refractivity contribution >= 4 is 12.1 Å². The Morgan fingerprint density at radius 1 is 0.750 bits per heavy atom. The van der Waals surface area contributed by atoms with Gasteiger partial charge in [0.25, 0.3) is 0 Å². The van der Waals surface area contributed by atoms with E-state index in [0.29, 0.717) is 11.5 Å². The molecule has 0 bridgehead atoms. The van der Waals surface area contributed by atoms with Crippen LogP contribution in [0, 0.1) is 5.41 Å². The third kappa shape index (κ3) is 15.5. The van der Waals surface area contributed by atoms with Gasteiger partial charge in [0, 0.05) is 11.0 Å². The number of benzene rings is 2.